The minimum Gasteiger partial charge on any atom is -0.481 e. The van der Waals surface area contributed by atoms with Crippen LogP contribution in [-0.4, -0.2) is 17.0 Å². The van der Waals surface area contributed by atoms with Crippen LogP contribution in [0.1, 0.15) is 56.2 Å². The van der Waals surface area contributed by atoms with Gasteiger partial charge < -0.3 is 14.8 Å². The van der Waals surface area contributed by atoms with Crippen molar-refractivity contribution >= 4 is 11.9 Å². The van der Waals surface area contributed by atoms with Crippen molar-refractivity contribution in [3.63, 3.8) is 0 Å². The molecule has 1 heterocycles. The Hall–Kier alpha value is -1.78. The lowest BCUT2D eigenvalue weighted by Gasteiger charge is -2.37. The number of fused-ring (bicyclic) bond motifs is 1. The highest BCUT2D eigenvalue weighted by atomic mass is 16.4. The van der Waals surface area contributed by atoms with Crippen LogP contribution in [0.4, 0.5) is 0 Å². The Kier molecular flexibility index (Phi) is 3.54. The van der Waals surface area contributed by atoms with E-state index in [-0.39, 0.29) is 23.3 Å². The van der Waals surface area contributed by atoms with E-state index in [0.29, 0.717) is 12.8 Å². The molecule has 3 rings (SSSR count). The Labute approximate surface area is 130 Å². The van der Waals surface area contributed by atoms with Crippen LogP contribution in [0.25, 0.3) is 0 Å². The Morgan fingerprint density at radius 3 is 2.59 bits per heavy atom. The van der Waals surface area contributed by atoms with E-state index < -0.39 is 11.9 Å². The summed E-state index contributed by atoms with van der Waals surface area (Å²) in [7, 11) is 0. The maximum absolute atomic E-state index is 12.4. The molecule has 1 aromatic heterocycles. The summed E-state index contributed by atoms with van der Waals surface area (Å²) in [5.41, 5.74) is 1.11. The number of carbonyl (C=O) groups is 2. The molecular formula is C17H23NO4. The first-order chi connectivity index (χ1) is 10.3. The summed E-state index contributed by atoms with van der Waals surface area (Å²) in [6.07, 6.45) is 2.97. The summed E-state index contributed by atoms with van der Waals surface area (Å²) in [5, 5.41) is 12.2. The molecule has 1 fully saturated rings. The zero-order chi connectivity index (χ0) is 16.1. The van der Waals surface area contributed by atoms with Crippen LogP contribution < -0.4 is 5.32 Å². The molecule has 0 spiro atoms. The average Bonchev–Trinajstić information content (AvgIpc) is 2.65. The highest BCUT2D eigenvalue weighted by Gasteiger charge is 2.43. The van der Waals surface area contributed by atoms with Gasteiger partial charge in [-0.3, -0.25) is 9.59 Å². The van der Waals surface area contributed by atoms with Crippen molar-refractivity contribution in [2.75, 3.05) is 0 Å². The minimum absolute atomic E-state index is 0.0566. The largest absolute Gasteiger partial charge is 0.481 e. The maximum Gasteiger partial charge on any atom is 0.307 e. The molecule has 3 atom stereocenters. The third-order valence-corrected chi connectivity index (χ3v) is 4.98. The van der Waals surface area contributed by atoms with Gasteiger partial charge in [-0.1, -0.05) is 13.8 Å². The molecule has 1 saturated carbocycles. The molecule has 0 aromatic carbocycles. The van der Waals surface area contributed by atoms with Gasteiger partial charge in [0.1, 0.15) is 11.5 Å². The number of aliphatic carboxylic acids is 1. The van der Waals surface area contributed by atoms with Crippen LogP contribution in [0.5, 0.6) is 0 Å². The second-order valence-corrected chi connectivity index (χ2v) is 7.47. The second kappa shape index (κ2) is 5.14. The normalized spacial score (nSPS) is 29.3. The first-order valence-electron chi connectivity index (χ1n) is 7.89. The quantitative estimate of drug-likeness (QED) is 0.900. The molecule has 0 aliphatic heterocycles. The SMILES string of the molecule is Cc1cc2c(o1)CC(C)(C)CC2NC(=O)C1CCC1C(=O)O. The van der Waals surface area contributed by atoms with E-state index in [1.807, 2.05) is 13.0 Å². The van der Waals surface area contributed by atoms with Gasteiger partial charge in [-0.2, -0.15) is 0 Å². The molecule has 1 amide bonds. The molecule has 3 unspecified atom stereocenters. The molecule has 120 valence electrons. The van der Waals surface area contributed by atoms with Crippen molar-refractivity contribution in [3.05, 3.63) is 23.2 Å². The highest BCUT2D eigenvalue weighted by Crippen LogP contribution is 2.43. The first kappa shape index (κ1) is 15.1. The fourth-order valence-electron chi connectivity index (χ4n) is 3.70. The number of carbonyl (C=O) groups excluding carboxylic acids is 1. The molecule has 0 radical (unpaired) electrons. The van der Waals surface area contributed by atoms with Gasteiger partial charge in [0.25, 0.3) is 0 Å². The number of carboxylic acid groups (broad SMARTS) is 1. The molecule has 22 heavy (non-hydrogen) atoms. The summed E-state index contributed by atoms with van der Waals surface area (Å²) in [6.45, 7) is 6.24. The van der Waals surface area contributed by atoms with Gasteiger partial charge >= 0.3 is 5.97 Å². The van der Waals surface area contributed by atoms with Gasteiger partial charge in [0.05, 0.1) is 17.9 Å². The predicted molar refractivity (Wildman–Crippen MR) is 80.3 cm³/mol. The van der Waals surface area contributed by atoms with E-state index in [9.17, 15) is 9.59 Å². The summed E-state index contributed by atoms with van der Waals surface area (Å²) in [4.78, 5) is 23.5. The lowest BCUT2D eigenvalue weighted by Crippen LogP contribution is -2.46. The van der Waals surface area contributed by atoms with Crippen molar-refractivity contribution in [2.24, 2.45) is 17.3 Å². The van der Waals surface area contributed by atoms with Gasteiger partial charge in [0.2, 0.25) is 5.91 Å². The molecule has 0 bridgehead atoms. The standard InChI is InChI=1S/C17H23NO4/c1-9-6-12-13(7-17(2,3)8-14(12)22-9)18-15(19)10-4-5-11(10)16(20)21/h6,10-11,13H,4-5,7-8H2,1-3H3,(H,18,19)(H,20,21). The smallest absolute Gasteiger partial charge is 0.307 e. The summed E-state index contributed by atoms with van der Waals surface area (Å²) in [6, 6.07) is 1.91. The third-order valence-electron chi connectivity index (χ3n) is 4.98. The van der Waals surface area contributed by atoms with Crippen molar-refractivity contribution in [3.8, 4) is 0 Å². The maximum atomic E-state index is 12.4. The molecular weight excluding hydrogens is 282 g/mol. The van der Waals surface area contributed by atoms with E-state index in [2.05, 4.69) is 19.2 Å². The van der Waals surface area contributed by atoms with E-state index in [1.165, 1.54) is 0 Å². The fraction of sp³-hybridized carbons (Fsp3) is 0.647. The van der Waals surface area contributed by atoms with Gasteiger partial charge in [-0.25, -0.2) is 0 Å². The van der Waals surface area contributed by atoms with Crippen molar-refractivity contribution in [2.45, 2.75) is 52.5 Å². The van der Waals surface area contributed by atoms with Crippen LogP contribution >= 0.6 is 0 Å². The third kappa shape index (κ3) is 2.64. The monoisotopic (exact) mass is 305 g/mol. The van der Waals surface area contributed by atoms with Gasteiger partial charge in [0, 0.05) is 12.0 Å². The topological polar surface area (TPSA) is 79.5 Å². The van der Waals surface area contributed by atoms with Crippen LogP contribution in [0.15, 0.2) is 10.5 Å². The van der Waals surface area contributed by atoms with Crippen LogP contribution in [0.3, 0.4) is 0 Å². The Morgan fingerprint density at radius 2 is 2.00 bits per heavy atom. The van der Waals surface area contributed by atoms with Crippen LogP contribution in [0.2, 0.25) is 0 Å². The number of carboxylic acids is 1. The number of amides is 1. The predicted octanol–water partition coefficient (Wildman–Crippen LogP) is 2.83. The fourth-order valence-corrected chi connectivity index (χ4v) is 3.70. The molecule has 2 aliphatic rings. The zero-order valence-electron chi connectivity index (χ0n) is 13.3. The number of rotatable bonds is 3. The van der Waals surface area contributed by atoms with Crippen LogP contribution in [-0.2, 0) is 16.0 Å². The van der Waals surface area contributed by atoms with E-state index >= 15 is 0 Å². The molecule has 1 aromatic rings. The lowest BCUT2D eigenvalue weighted by molar-refractivity contribution is -0.153. The molecule has 0 saturated heterocycles. The van der Waals surface area contributed by atoms with Crippen molar-refractivity contribution < 1.29 is 19.1 Å². The van der Waals surface area contributed by atoms with Gasteiger partial charge in [0.15, 0.2) is 0 Å². The van der Waals surface area contributed by atoms with Gasteiger partial charge in [-0.15, -0.1) is 0 Å². The Balaban J connectivity index is 1.77. The number of aryl methyl sites for hydroxylation is 1. The Bertz CT molecular complexity index is 616. The number of hydrogen-bond donors (Lipinski definition) is 2. The Morgan fingerprint density at radius 1 is 1.32 bits per heavy atom. The van der Waals surface area contributed by atoms with Gasteiger partial charge in [-0.05, 0) is 37.7 Å². The highest BCUT2D eigenvalue weighted by molar-refractivity contribution is 5.86. The molecule has 5 heteroatoms. The molecule has 2 N–H and O–H groups in total. The average molecular weight is 305 g/mol. The first-order valence-corrected chi connectivity index (χ1v) is 7.89. The molecule has 2 aliphatic carbocycles. The second-order valence-electron chi connectivity index (χ2n) is 7.47. The van der Waals surface area contributed by atoms with E-state index in [0.717, 1.165) is 29.9 Å². The number of nitrogens with one attached hydrogen (secondary N) is 1. The molecule has 5 nitrogen and oxygen atoms in total. The lowest BCUT2D eigenvalue weighted by atomic mass is 9.72. The number of hydrogen-bond acceptors (Lipinski definition) is 3. The summed E-state index contributed by atoms with van der Waals surface area (Å²) < 4.78 is 5.77. The van der Waals surface area contributed by atoms with Crippen LogP contribution in [0, 0.1) is 24.2 Å². The van der Waals surface area contributed by atoms with E-state index in [4.69, 9.17) is 9.52 Å². The van der Waals surface area contributed by atoms with E-state index in [1.54, 1.807) is 0 Å². The van der Waals surface area contributed by atoms with Crippen molar-refractivity contribution in [1.29, 1.82) is 0 Å². The zero-order valence-corrected chi connectivity index (χ0v) is 13.3. The van der Waals surface area contributed by atoms with Crippen molar-refractivity contribution in [1.82, 2.24) is 5.32 Å². The minimum atomic E-state index is -0.866. The summed E-state index contributed by atoms with van der Waals surface area (Å²) in [5.74, 6) is -0.112. The summed E-state index contributed by atoms with van der Waals surface area (Å²) >= 11 is 0. The number of furan rings is 1.